The van der Waals surface area contributed by atoms with Gasteiger partial charge < -0.3 is 9.84 Å². The van der Waals surface area contributed by atoms with Crippen LogP contribution in [-0.2, 0) is 22.4 Å². The molecule has 16 heavy (non-hydrogen) atoms. The number of aliphatic hydroxyl groups is 1. The molecule has 0 aromatic heterocycles. The summed E-state index contributed by atoms with van der Waals surface area (Å²) in [7, 11) is 1.25. The van der Waals surface area contributed by atoms with Crippen LogP contribution in [0, 0.1) is 0 Å². The number of ether oxygens (including phenoxy) is 1. The molecule has 1 aromatic rings. The molecule has 4 heteroatoms. The number of fused-ring (bicyclic) bond motifs is 1. The zero-order valence-electron chi connectivity index (χ0n) is 9.00. The van der Waals surface area contributed by atoms with Gasteiger partial charge in [-0.25, -0.2) is 4.79 Å². The Kier molecular flexibility index (Phi) is 3.17. The summed E-state index contributed by atoms with van der Waals surface area (Å²) in [6.07, 6.45) is 1.76. The third-order valence-corrected chi connectivity index (χ3v) is 3.26. The third kappa shape index (κ3) is 1.93. The molecule has 0 amide bonds. The minimum atomic E-state index is -1.24. The minimum Gasteiger partial charge on any atom is -0.467 e. The highest BCUT2D eigenvalue weighted by molar-refractivity contribution is 6.31. The molecule has 1 aliphatic carbocycles. The SMILES string of the molecule is COC(=O)C(O)c1cc(Cl)c2c(c1)CCC2. The Morgan fingerprint density at radius 2 is 2.25 bits per heavy atom. The van der Waals surface area contributed by atoms with Crippen molar-refractivity contribution in [2.75, 3.05) is 7.11 Å². The van der Waals surface area contributed by atoms with Crippen LogP contribution in [0.1, 0.15) is 29.2 Å². The Morgan fingerprint density at radius 3 is 2.94 bits per heavy atom. The highest BCUT2D eigenvalue weighted by atomic mass is 35.5. The molecule has 1 aromatic carbocycles. The molecule has 1 unspecified atom stereocenters. The van der Waals surface area contributed by atoms with E-state index in [-0.39, 0.29) is 0 Å². The fraction of sp³-hybridized carbons (Fsp3) is 0.417. The Bertz CT molecular complexity index is 429. The summed E-state index contributed by atoms with van der Waals surface area (Å²) in [5.41, 5.74) is 2.78. The second-order valence-electron chi connectivity index (χ2n) is 3.92. The quantitative estimate of drug-likeness (QED) is 0.805. The molecule has 0 fully saturated rings. The Morgan fingerprint density at radius 1 is 1.50 bits per heavy atom. The fourth-order valence-corrected chi connectivity index (χ4v) is 2.42. The molecule has 3 nitrogen and oxygen atoms in total. The van der Waals surface area contributed by atoms with Crippen LogP contribution in [0.2, 0.25) is 5.02 Å². The topological polar surface area (TPSA) is 46.5 Å². The number of carbonyl (C=O) groups is 1. The first kappa shape index (κ1) is 11.4. The number of esters is 1. The molecule has 0 saturated heterocycles. The van der Waals surface area contributed by atoms with Crippen molar-refractivity contribution in [3.05, 3.63) is 33.8 Å². The number of carbonyl (C=O) groups excluding carboxylic acids is 1. The van der Waals surface area contributed by atoms with Crippen molar-refractivity contribution in [2.24, 2.45) is 0 Å². The predicted molar refractivity (Wildman–Crippen MR) is 60.5 cm³/mol. The normalized spacial score (nSPS) is 15.7. The van der Waals surface area contributed by atoms with E-state index in [0.717, 1.165) is 30.4 Å². The van der Waals surface area contributed by atoms with Gasteiger partial charge in [0.05, 0.1) is 7.11 Å². The number of hydrogen-bond donors (Lipinski definition) is 1. The zero-order chi connectivity index (χ0) is 11.7. The lowest BCUT2D eigenvalue weighted by molar-refractivity contribution is -0.150. The Labute approximate surface area is 99.0 Å². The maximum atomic E-state index is 11.2. The number of aryl methyl sites for hydroxylation is 1. The molecule has 0 heterocycles. The molecule has 0 radical (unpaired) electrons. The van der Waals surface area contributed by atoms with Crippen molar-refractivity contribution in [1.29, 1.82) is 0 Å². The van der Waals surface area contributed by atoms with Crippen molar-refractivity contribution < 1.29 is 14.6 Å². The van der Waals surface area contributed by atoms with Gasteiger partial charge in [0, 0.05) is 5.02 Å². The van der Waals surface area contributed by atoms with Crippen LogP contribution in [0.4, 0.5) is 0 Å². The van der Waals surface area contributed by atoms with Crippen molar-refractivity contribution in [3.63, 3.8) is 0 Å². The van der Waals surface area contributed by atoms with E-state index in [1.807, 2.05) is 6.07 Å². The number of rotatable bonds is 2. The van der Waals surface area contributed by atoms with E-state index in [0.29, 0.717) is 10.6 Å². The lowest BCUT2D eigenvalue weighted by Gasteiger charge is -2.11. The van der Waals surface area contributed by atoms with Crippen molar-refractivity contribution in [1.82, 2.24) is 0 Å². The maximum Gasteiger partial charge on any atom is 0.339 e. The fourth-order valence-electron chi connectivity index (χ4n) is 2.08. The Hall–Kier alpha value is -1.06. The average Bonchev–Trinajstić information content (AvgIpc) is 2.75. The molecule has 0 spiro atoms. The van der Waals surface area contributed by atoms with E-state index in [4.69, 9.17) is 11.6 Å². The number of methoxy groups -OCH3 is 1. The molecule has 0 aliphatic heterocycles. The minimum absolute atomic E-state index is 0.512. The van der Waals surface area contributed by atoms with Gasteiger partial charge in [-0.2, -0.15) is 0 Å². The van der Waals surface area contributed by atoms with Gasteiger partial charge in [0.15, 0.2) is 6.10 Å². The molecule has 1 N–H and O–H groups in total. The molecule has 0 saturated carbocycles. The van der Waals surface area contributed by atoms with E-state index in [9.17, 15) is 9.90 Å². The summed E-state index contributed by atoms with van der Waals surface area (Å²) >= 11 is 6.10. The maximum absolute atomic E-state index is 11.2. The van der Waals surface area contributed by atoms with E-state index < -0.39 is 12.1 Å². The summed E-state index contributed by atoms with van der Waals surface area (Å²) in [5.74, 6) is -0.658. The first-order chi connectivity index (χ1) is 7.63. The van der Waals surface area contributed by atoms with Gasteiger partial charge in [0.1, 0.15) is 0 Å². The highest BCUT2D eigenvalue weighted by Gasteiger charge is 2.22. The highest BCUT2D eigenvalue weighted by Crippen LogP contribution is 2.32. The van der Waals surface area contributed by atoms with Gasteiger partial charge >= 0.3 is 5.97 Å². The number of halogens is 1. The van der Waals surface area contributed by atoms with Gasteiger partial charge in [0.25, 0.3) is 0 Å². The summed E-state index contributed by atoms with van der Waals surface area (Å²) in [6, 6.07) is 3.49. The molecular weight excluding hydrogens is 228 g/mol. The van der Waals surface area contributed by atoms with Gasteiger partial charge in [-0.3, -0.25) is 0 Å². The van der Waals surface area contributed by atoms with E-state index in [2.05, 4.69) is 4.74 Å². The zero-order valence-corrected chi connectivity index (χ0v) is 9.75. The van der Waals surface area contributed by atoms with Crippen LogP contribution in [0.5, 0.6) is 0 Å². The lowest BCUT2D eigenvalue weighted by Crippen LogP contribution is -2.13. The average molecular weight is 241 g/mol. The molecule has 1 aliphatic rings. The predicted octanol–water partition coefficient (Wildman–Crippen LogP) is 2.04. The summed E-state index contributed by atoms with van der Waals surface area (Å²) < 4.78 is 4.49. The van der Waals surface area contributed by atoms with Crippen molar-refractivity contribution in [3.8, 4) is 0 Å². The van der Waals surface area contributed by atoms with Crippen molar-refractivity contribution in [2.45, 2.75) is 25.4 Å². The van der Waals surface area contributed by atoms with Crippen LogP contribution < -0.4 is 0 Å². The van der Waals surface area contributed by atoms with E-state index >= 15 is 0 Å². The second kappa shape index (κ2) is 4.44. The van der Waals surface area contributed by atoms with Gasteiger partial charge in [-0.1, -0.05) is 17.7 Å². The number of benzene rings is 1. The smallest absolute Gasteiger partial charge is 0.339 e. The van der Waals surface area contributed by atoms with Crippen LogP contribution in [-0.4, -0.2) is 18.2 Å². The number of aliphatic hydroxyl groups excluding tert-OH is 1. The number of hydrogen-bond acceptors (Lipinski definition) is 3. The van der Waals surface area contributed by atoms with Gasteiger partial charge in [0.2, 0.25) is 0 Å². The van der Waals surface area contributed by atoms with Crippen LogP contribution in [0.25, 0.3) is 0 Å². The molecule has 0 bridgehead atoms. The molecule has 86 valence electrons. The van der Waals surface area contributed by atoms with Gasteiger partial charge in [-0.05, 0) is 42.0 Å². The monoisotopic (exact) mass is 240 g/mol. The van der Waals surface area contributed by atoms with Crippen molar-refractivity contribution >= 4 is 17.6 Å². The van der Waals surface area contributed by atoms with Crippen LogP contribution >= 0.6 is 11.6 Å². The molecule has 2 rings (SSSR count). The molecule has 1 atom stereocenters. The first-order valence-electron chi connectivity index (χ1n) is 5.20. The van der Waals surface area contributed by atoms with Crippen LogP contribution in [0.15, 0.2) is 12.1 Å². The molecular formula is C12H13ClO3. The Balaban J connectivity index is 2.36. The standard InChI is InChI=1S/C12H13ClO3/c1-16-12(15)11(14)8-5-7-3-2-4-9(7)10(13)6-8/h5-6,11,14H,2-4H2,1H3. The summed E-state index contributed by atoms with van der Waals surface area (Å²) in [5, 5.41) is 10.3. The van der Waals surface area contributed by atoms with E-state index in [1.54, 1.807) is 6.07 Å². The van der Waals surface area contributed by atoms with E-state index in [1.165, 1.54) is 7.11 Å². The lowest BCUT2D eigenvalue weighted by atomic mass is 10.0. The van der Waals surface area contributed by atoms with Gasteiger partial charge in [-0.15, -0.1) is 0 Å². The largest absolute Gasteiger partial charge is 0.467 e. The third-order valence-electron chi connectivity index (χ3n) is 2.92. The summed E-state index contributed by atoms with van der Waals surface area (Å²) in [6.45, 7) is 0. The second-order valence-corrected chi connectivity index (χ2v) is 4.33. The van der Waals surface area contributed by atoms with Crippen LogP contribution in [0.3, 0.4) is 0 Å². The first-order valence-corrected chi connectivity index (χ1v) is 5.58. The summed E-state index contributed by atoms with van der Waals surface area (Å²) in [4.78, 5) is 11.2.